The summed E-state index contributed by atoms with van der Waals surface area (Å²) in [6.45, 7) is 1.78. The molecule has 1 N–H and O–H groups in total. The third-order valence-corrected chi connectivity index (χ3v) is 4.16. The molecule has 3 aromatic rings. The molecule has 0 saturated carbocycles. The average Bonchev–Trinajstić information content (AvgIpc) is 2.88. The van der Waals surface area contributed by atoms with E-state index in [0.29, 0.717) is 28.3 Å². The Hall–Kier alpha value is -3.22. The van der Waals surface area contributed by atoms with Crippen LogP contribution in [-0.2, 0) is 11.8 Å². The molecule has 0 aliphatic carbocycles. The zero-order valence-corrected chi connectivity index (χ0v) is 13.7. The molecule has 1 aliphatic heterocycles. The molecule has 0 radical (unpaired) electrons. The van der Waals surface area contributed by atoms with Crippen molar-refractivity contribution in [3.05, 3.63) is 53.0 Å². The minimum Gasteiger partial charge on any atom is -0.482 e. The van der Waals surface area contributed by atoms with Crippen LogP contribution in [0.2, 0.25) is 0 Å². The van der Waals surface area contributed by atoms with E-state index in [1.165, 1.54) is 4.57 Å². The number of anilines is 1. The number of amides is 1. The molecule has 2 atom stereocenters. The van der Waals surface area contributed by atoms with E-state index in [9.17, 15) is 9.59 Å². The van der Waals surface area contributed by atoms with Gasteiger partial charge in [0.25, 0.3) is 5.91 Å². The molecule has 4 rings (SSSR count). The maximum atomic E-state index is 12.6. The number of benzene rings is 2. The number of carbonyl (C=O) groups excluding carboxylic acids is 1. The number of ether oxygens (including phenoxy) is 2. The second kappa shape index (κ2) is 5.70. The Morgan fingerprint density at radius 1 is 1.12 bits per heavy atom. The number of nitrogens with one attached hydrogen (secondary N) is 1. The van der Waals surface area contributed by atoms with Gasteiger partial charge in [-0.1, -0.05) is 12.1 Å². The molecule has 0 unspecified atom stereocenters. The highest BCUT2D eigenvalue weighted by Gasteiger charge is 2.34. The second-order valence-electron chi connectivity index (χ2n) is 5.91. The van der Waals surface area contributed by atoms with Crippen molar-refractivity contribution in [3.63, 3.8) is 0 Å². The van der Waals surface area contributed by atoms with Crippen LogP contribution in [0.5, 0.6) is 11.5 Å². The van der Waals surface area contributed by atoms with Crippen molar-refractivity contribution in [1.82, 2.24) is 4.57 Å². The first-order valence-electron chi connectivity index (χ1n) is 7.86. The number of nitrogens with zero attached hydrogens (tertiary/aromatic N) is 1. The normalized spacial score (nSPS) is 19.0. The summed E-state index contributed by atoms with van der Waals surface area (Å²) in [6, 6.07) is 12.2. The van der Waals surface area contributed by atoms with Crippen LogP contribution in [0.25, 0.3) is 11.1 Å². The van der Waals surface area contributed by atoms with Gasteiger partial charge in [-0.05, 0) is 31.2 Å². The van der Waals surface area contributed by atoms with Crippen molar-refractivity contribution < 1.29 is 18.7 Å². The lowest BCUT2D eigenvalue weighted by Gasteiger charge is -2.30. The molecular weight excluding hydrogens is 324 g/mol. The molecular formula is C18H16N2O5. The Labute approximate surface area is 142 Å². The Kier molecular flexibility index (Phi) is 3.49. The monoisotopic (exact) mass is 340 g/mol. The molecule has 7 nitrogen and oxygen atoms in total. The summed E-state index contributed by atoms with van der Waals surface area (Å²) in [5.74, 6) is 0.365. The highest BCUT2D eigenvalue weighted by molar-refractivity contribution is 5.96. The van der Waals surface area contributed by atoms with Crippen LogP contribution in [0.3, 0.4) is 0 Å². The number of hydrogen-bond acceptors (Lipinski definition) is 5. The van der Waals surface area contributed by atoms with Gasteiger partial charge in [-0.3, -0.25) is 9.36 Å². The number of rotatable bonds is 2. The summed E-state index contributed by atoms with van der Waals surface area (Å²) in [4.78, 5) is 24.1. The van der Waals surface area contributed by atoms with Crippen molar-refractivity contribution >= 4 is 22.7 Å². The smallest absolute Gasteiger partial charge is 0.419 e. The Balaban J connectivity index is 1.57. The number of aromatic nitrogens is 1. The van der Waals surface area contributed by atoms with E-state index in [1.54, 1.807) is 44.3 Å². The van der Waals surface area contributed by atoms with Crippen molar-refractivity contribution in [1.29, 1.82) is 0 Å². The zero-order valence-electron chi connectivity index (χ0n) is 13.7. The van der Waals surface area contributed by atoms with Gasteiger partial charge in [0.15, 0.2) is 17.1 Å². The van der Waals surface area contributed by atoms with Gasteiger partial charge in [0, 0.05) is 18.8 Å². The Morgan fingerprint density at radius 3 is 2.60 bits per heavy atom. The molecule has 0 spiro atoms. The molecule has 2 heterocycles. The van der Waals surface area contributed by atoms with E-state index in [4.69, 9.17) is 13.9 Å². The van der Waals surface area contributed by atoms with Gasteiger partial charge in [-0.25, -0.2) is 4.79 Å². The van der Waals surface area contributed by atoms with E-state index in [-0.39, 0.29) is 5.91 Å². The van der Waals surface area contributed by atoms with Crippen LogP contribution in [-0.4, -0.2) is 22.7 Å². The standard InChI is InChI=1S/C18H16N2O5/c1-10-16(24-14-6-4-3-5-13(14)23-10)17(21)19-11-7-8-12-15(9-11)25-18(22)20(12)2/h3-10,16H,1-2H3,(H,19,21)/t10-,16-/m1/s1. The van der Waals surface area contributed by atoms with Crippen LogP contribution in [0, 0.1) is 0 Å². The molecule has 128 valence electrons. The van der Waals surface area contributed by atoms with Gasteiger partial charge in [-0.15, -0.1) is 0 Å². The molecule has 7 heteroatoms. The first-order valence-corrected chi connectivity index (χ1v) is 7.86. The molecule has 1 amide bonds. The summed E-state index contributed by atoms with van der Waals surface area (Å²) in [5, 5.41) is 2.78. The topological polar surface area (TPSA) is 82.7 Å². The molecule has 0 saturated heterocycles. The van der Waals surface area contributed by atoms with Crippen molar-refractivity contribution in [2.24, 2.45) is 7.05 Å². The first kappa shape index (κ1) is 15.3. The number of carbonyl (C=O) groups is 1. The van der Waals surface area contributed by atoms with E-state index in [2.05, 4.69) is 5.32 Å². The number of oxazole rings is 1. The molecule has 0 bridgehead atoms. The summed E-state index contributed by atoms with van der Waals surface area (Å²) in [6.07, 6.45) is -1.22. The lowest BCUT2D eigenvalue weighted by Crippen LogP contribution is -2.46. The predicted molar refractivity (Wildman–Crippen MR) is 91.0 cm³/mol. The first-order chi connectivity index (χ1) is 12.0. The number of aryl methyl sites for hydroxylation is 1. The predicted octanol–water partition coefficient (Wildman–Crippen LogP) is 2.30. The van der Waals surface area contributed by atoms with Gasteiger partial charge in [0.2, 0.25) is 6.10 Å². The van der Waals surface area contributed by atoms with Crippen LogP contribution in [0.15, 0.2) is 51.7 Å². The van der Waals surface area contributed by atoms with E-state index < -0.39 is 18.0 Å². The third kappa shape index (κ3) is 2.63. The van der Waals surface area contributed by atoms with E-state index in [1.807, 2.05) is 12.1 Å². The van der Waals surface area contributed by atoms with Gasteiger partial charge in [0.1, 0.15) is 6.10 Å². The van der Waals surface area contributed by atoms with Crippen LogP contribution in [0.1, 0.15) is 6.92 Å². The molecule has 0 fully saturated rings. The Bertz CT molecular complexity index is 1020. The van der Waals surface area contributed by atoms with Crippen LogP contribution < -0.4 is 20.5 Å². The van der Waals surface area contributed by atoms with Crippen molar-refractivity contribution in [2.45, 2.75) is 19.1 Å². The highest BCUT2D eigenvalue weighted by Crippen LogP contribution is 2.33. The molecule has 1 aliphatic rings. The van der Waals surface area contributed by atoms with Gasteiger partial charge in [0.05, 0.1) is 5.52 Å². The Morgan fingerprint density at radius 2 is 1.84 bits per heavy atom. The minimum absolute atomic E-state index is 0.334. The fraction of sp³-hybridized carbons (Fsp3) is 0.222. The van der Waals surface area contributed by atoms with Crippen molar-refractivity contribution in [2.75, 3.05) is 5.32 Å². The van der Waals surface area contributed by atoms with Crippen LogP contribution >= 0.6 is 0 Å². The lowest BCUT2D eigenvalue weighted by molar-refractivity contribution is -0.128. The number of hydrogen-bond donors (Lipinski definition) is 1. The van der Waals surface area contributed by atoms with Gasteiger partial charge < -0.3 is 19.2 Å². The SMILES string of the molecule is C[C@H]1Oc2ccccc2O[C@H]1C(=O)Nc1ccc2c(c1)oc(=O)n2C. The molecule has 25 heavy (non-hydrogen) atoms. The maximum absolute atomic E-state index is 12.6. The second-order valence-corrected chi connectivity index (χ2v) is 5.91. The summed E-state index contributed by atoms with van der Waals surface area (Å²) >= 11 is 0. The fourth-order valence-corrected chi connectivity index (χ4v) is 2.83. The van der Waals surface area contributed by atoms with Crippen LogP contribution in [0.4, 0.5) is 5.69 Å². The number of para-hydroxylation sites is 2. The summed E-state index contributed by atoms with van der Waals surface area (Å²) < 4.78 is 18.1. The van der Waals surface area contributed by atoms with E-state index >= 15 is 0 Å². The highest BCUT2D eigenvalue weighted by atomic mass is 16.6. The molecule has 1 aromatic heterocycles. The fourth-order valence-electron chi connectivity index (χ4n) is 2.83. The third-order valence-electron chi connectivity index (χ3n) is 4.16. The van der Waals surface area contributed by atoms with E-state index in [0.717, 1.165) is 0 Å². The largest absolute Gasteiger partial charge is 0.482 e. The summed E-state index contributed by atoms with van der Waals surface area (Å²) in [5.41, 5.74) is 1.58. The molecule has 2 aromatic carbocycles. The van der Waals surface area contributed by atoms with Gasteiger partial charge in [-0.2, -0.15) is 0 Å². The summed E-state index contributed by atoms with van der Waals surface area (Å²) in [7, 11) is 1.62. The maximum Gasteiger partial charge on any atom is 0.419 e. The van der Waals surface area contributed by atoms with Gasteiger partial charge >= 0.3 is 5.76 Å². The minimum atomic E-state index is -0.784. The number of fused-ring (bicyclic) bond motifs is 2. The van der Waals surface area contributed by atoms with Crippen molar-refractivity contribution in [3.8, 4) is 11.5 Å². The average molecular weight is 340 g/mol. The zero-order chi connectivity index (χ0) is 17.6. The lowest BCUT2D eigenvalue weighted by atomic mass is 10.1. The quantitative estimate of drug-likeness (QED) is 0.774.